The van der Waals surface area contributed by atoms with Gasteiger partial charge in [-0.15, -0.1) is 0 Å². The molecule has 23 heavy (non-hydrogen) atoms. The van der Waals surface area contributed by atoms with Gasteiger partial charge in [-0.3, -0.25) is 0 Å². The number of hydrogen-bond donors (Lipinski definition) is 0. The first-order valence-electron chi connectivity index (χ1n) is 7.58. The minimum atomic E-state index is -0.180. The van der Waals surface area contributed by atoms with Gasteiger partial charge in [-0.1, -0.05) is 0 Å². The van der Waals surface area contributed by atoms with Gasteiger partial charge in [-0.2, -0.15) is 0 Å². The number of allylic oxidation sites excluding steroid dienone is 4. The average molecular weight is 377 g/mol. The third-order valence-corrected chi connectivity index (χ3v) is 7.32. The maximum absolute atomic E-state index is 2.39. The molecular weight excluding hydrogens is 359 g/mol. The fraction of sp³-hybridized carbons (Fsp3) is 0.200. The number of hydrogen-bond acceptors (Lipinski definition) is 0. The van der Waals surface area contributed by atoms with Gasteiger partial charge in [-0.05, 0) is 0 Å². The largest absolute Gasteiger partial charge is 1.00 e. The summed E-state index contributed by atoms with van der Waals surface area (Å²) in [7, 11) is 0. The molecule has 0 unspecified atom stereocenters. The molecule has 0 saturated heterocycles. The van der Waals surface area contributed by atoms with Crippen LogP contribution in [0.15, 0.2) is 63.6 Å². The zero-order chi connectivity index (χ0) is 14.4. The Balaban J connectivity index is 0.000000960. The molecule has 0 atom stereocenters. The minimum absolute atomic E-state index is 0. The van der Waals surface area contributed by atoms with Gasteiger partial charge in [0.25, 0.3) is 0 Å². The Labute approximate surface area is 159 Å². The second-order valence-corrected chi connectivity index (χ2v) is 8.16. The molecule has 116 valence electrons. The van der Waals surface area contributed by atoms with Crippen LogP contribution in [0.25, 0.3) is 11.1 Å². The molecule has 0 aromatic heterocycles. The maximum Gasteiger partial charge on any atom is -1.00 e. The maximum atomic E-state index is 2.39. The van der Waals surface area contributed by atoms with Crippen molar-refractivity contribution in [1.29, 1.82) is 0 Å². The molecule has 0 spiro atoms. The van der Waals surface area contributed by atoms with E-state index in [2.05, 4.69) is 62.4 Å². The molecule has 0 bridgehead atoms. The molecule has 0 radical (unpaired) electrons. The molecule has 2 aromatic carbocycles. The Bertz CT molecular complexity index is 803. The first kappa shape index (κ1) is 18.6. The molecule has 0 saturated carbocycles. The van der Waals surface area contributed by atoms with E-state index >= 15 is 0 Å². The number of benzene rings is 2. The Morgan fingerprint density at radius 2 is 1.61 bits per heavy atom. The Hall–Kier alpha value is -0.786. The van der Waals surface area contributed by atoms with Crippen LogP contribution in [-0.4, -0.2) is 0 Å². The van der Waals surface area contributed by atoms with Crippen molar-refractivity contribution in [2.75, 3.05) is 0 Å². The van der Waals surface area contributed by atoms with Gasteiger partial charge in [0.2, 0.25) is 0 Å². The van der Waals surface area contributed by atoms with Crippen LogP contribution in [0.5, 0.6) is 0 Å². The van der Waals surface area contributed by atoms with Gasteiger partial charge in [0.15, 0.2) is 0 Å². The number of rotatable bonds is 2. The molecule has 2 aliphatic rings. The third kappa shape index (κ3) is 3.23. The van der Waals surface area contributed by atoms with Gasteiger partial charge in [0.05, 0.1) is 0 Å². The summed E-state index contributed by atoms with van der Waals surface area (Å²) in [6.45, 7) is 4.55. The fourth-order valence-electron chi connectivity index (χ4n) is 3.38. The van der Waals surface area contributed by atoms with Crippen molar-refractivity contribution in [2.24, 2.45) is 0 Å². The van der Waals surface area contributed by atoms with E-state index in [1.54, 1.807) is 18.9 Å². The van der Waals surface area contributed by atoms with Crippen LogP contribution >= 0.6 is 0 Å². The van der Waals surface area contributed by atoms with Gasteiger partial charge in [-0.25, -0.2) is 0 Å². The predicted octanol–water partition coefficient (Wildman–Crippen LogP) is -1.40. The van der Waals surface area contributed by atoms with Crippen molar-refractivity contribution in [1.82, 2.24) is 0 Å². The molecule has 0 nitrogen and oxygen atoms in total. The van der Waals surface area contributed by atoms with E-state index in [1.807, 2.05) is 0 Å². The van der Waals surface area contributed by atoms with Crippen molar-refractivity contribution in [3.8, 4) is 11.1 Å². The standard InChI is InChI=1S/C13H9.C7H9.2ClH.Ti/c1-3-7-12-10(5-1)9-11-6-2-4-8-13(11)12;1-6-4-3-5-7(6)2;;;/h1-5,7-8H,9H2;4H,3H2,1-2H3;2*1H;/q;;;;+2/p-2. The zero-order valence-corrected chi connectivity index (χ0v) is 16.4. The second kappa shape index (κ2) is 7.41. The van der Waals surface area contributed by atoms with Gasteiger partial charge in [0.1, 0.15) is 0 Å². The average Bonchev–Trinajstić information content (AvgIpc) is 3.03. The predicted molar refractivity (Wildman–Crippen MR) is 85.4 cm³/mol. The molecule has 4 rings (SSSR count). The Morgan fingerprint density at radius 3 is 2.35 bits per heavy atom. The summed E-state index contributed by atoms with van der Waals surface area (Å²) >= 11 is -0.180. The molecular formula is C20H18Cl2Ti. The van der Waals surface area contributed by atoms with Crippen LogP contribution in [0.4, 0.5) is 0 Å². The van der Waals surface area contributed by atoms with Crippen LogP contribution < -0.4 is 28.7 Å². The van der Waals surface area contributed by atoms with E-state index in [9.17, 15) is 0 Å². The SMILES string of the molecule is CC1=CC[C]([Ti+2][c]2cccc3c2Cc2ccccc2-3)=C1C.[Cl-].[Cl-]. The van der Waals surface area contributed by atoms with Crippen molar-refractivity contribution in [3.63, 3.8) is 0 Å². The Kier molecular flexibility index (Phi) is 5.97. The van der Waals surface area contributed by atoms with Gasteiger partial charge in [0, 0.05) is 0 Å². The van der Waals surface area contributed by atoms with Crippen molar-refractivity contribution in [3.05, 3.63) is 74.7 Å². The monoisotopic (exact) mass is 376 g/mol. The Morgan fingerprint density at radius 1 is 0.870 bits per heavy atom. The van der Waals surface area contributed by atoms with Gasteiger partial charge < -0.3 is 24.8 Å². The second-order valence-electron chi connectivity index (χ2n) is 5.99. The quantitative estimate of drug-likeness (QED) is 0.482. The summed E-state index contributed by atoms with van der Waals surface area (Å²) in [5, 5.41) is 0. The van der Waals surface area contributed by atoms with E-state index in [1.165, 1.54) is 28.7 Å². The van der Waals surface area contributed by atoms with Crippen molar-refractivity contribution >= 4 is 3.87 Å². The molecule has 3 heteroatoms. The number of halogens is 2. The van der Waals surface area contributed by atoms with Crippen LogP contribution in [0.3, 0.4) is 0 Å². The first-order valence-corrected chi connectivity index (χ1v) is 9.14. The number of fused-ring (bicyclic) bond motifs is 3. The zero-order valence-electron chi connectivity index (χ0n) is 13.3. The molecule has 0 amide bonds. The molecule has 0 fully saturated rings. The summed E-state index contributed by atoms with van der Waals surface area (Å²) < 4.78 is 3.36. The molecule has 2 aliphatic carbocycles. The van der Waals surface area contributed by atoms with Crippen LogP contribution in [0.1, 0.15) is 31.4 Å². The van der Waals surface area contributed by atoms with Crippen molar-refractivity contribution < 1.29 is 44.0 Å². The van der Waals surface area contributed by atoms with Gasteiger partial charge >= 0.3 is 136 Å². The summed E-state index contributed by atoms with van der Waals surface area (Å²) in [5.74, 6) is 0. The van der Waals surface area contributed by atoms with E-state index in [-0.39, 0.29) is 44.0 Å². The summed E-state index contributed by atoms with van der Waals surface area (Å²) in [6, 6.07) is 15.8. The van der Waals surface area contributed by atoms with E-state index in [0.717, 1.165) is 6.42 Å². The van der Waals surface area contributed by atoms with E-state index in [0.29, 0.717) is 0 Å². The fourth-order valence-corrected chi connectivity index (χ4v) is 5.67. The smallest absolute Gasteiger partial charge is 1.00 e. The summed E-state index contributed by atoms with van der Waals surface area (Å²) in [5.41, 5.74) is 9.08. The topological polar surface area (TPSA) is 0 Å². The molecule has 0 heterocycles. The van der Waals surface area contributed by atoms with Crippen LogP contribution in [0, 0.1) is 0 Å². The molecule has 0 aliphatic heterocycles. The molecule has 2 aromatic rings. The van der Waals surface area contributed by atoms with Crippen molar-refractivity contribution in [2.45, 2.75) is 26.7 Å². The normalized spacial score (nSPS) is 14.3. The van der Waals surface area contributed by atoms with Crippen LogP contribution in [-0.2, 0) is 25.6 Å². The minimum Gasteiger partial charge on any atom is -1.00 e. The van der Waals surface area contributed by atoms with E-state index < -0.39 is 0 Å². The van der Waals surface area contributed by atoms with E-state index in [4.69, 9.17) is 0 Å². The molecule has 0 N–H and O–H groups in total. The summed E-state index contributed by atoms with van der Waals surface area (Å²) in [6.07, 6.45) is 4.71. The third-order valence-electron chi connectivity index (χ3n) is 4.79. The summed E-state index contributed by atoms with van der Waals surface area (Å²) in [4.78, 5) is 0. The van der Waals surface area contributed by atoms with Crippen LogP contribution in [0.2, 0.25) is 0 Å². The first-order chi connectivity index (χ1) is 10.2.